The van der Waals surface area contributed by atoms with Gasteiger partial charge in [-0.3, -0.25) is 14.1 Å². The fraction of sp³-hybridized carbons (Fsp3) is 0.357. The van der Waals surface area contributed by atoms with Gasteiger partial charge < -0.3 is 14.5 Å². The maximum atomic E-state index is 13.9. The summed E-state index contributed by atoms with van der Waals surface area (Å²) in [4.78, 5) is 42.6. The van der Waals surface area contributed by atoms with E-state index in [2.05, 4.69) is 11.9 Å². The summed E-state index contributed by atoms with van der Waals surface area (Å²) in [5.74, 6) is -0.148. The van der Waals surface area contributed by atoms with E-state index in [-0.39, 0.29) is 23.2 Å². The molecule has 9 nitrogen and oxygen atoms in total. The second kappa shape index (κ2) is 11.0. The first kappa shape index (κ1) is 26.6. The molecule has 1 aromatic carbocycles. The number of hydrogen-bond donors (Lipinski definition) is 0. The molecule has 2 amide bonds. The van der Waals surface area contributed by atoms with Gasteiger partial charge in [-0.25, -0.2) is 19.2 Å². The van der Waals surface area contributed by atoms with Crippen molar-refractivity contribution in [1.29, 1.82) is 0 Å². The summed E-state index contributed by atoms with van der Waals surface area (Å²) in [7, 11) is 5.52. The van der Waals surface area contributed by atoms with Gasteiger partial charge in [0.1, 0.15) is 16.5 Å². The molecule has 4 heterocycles. The smallest absolute Gasteiger partial charge is 0.324 e. The van der Waals surface area contributed by atoms with Gasteiger partial charge in [0, 0.05) is 57.9 Å². The summed E-state index contributed by atoms with van der Waals surface area (Å²) in [6.45, 7) is 3.49. The van der Waals surface area contributed by atoms with Gasteiger partial charge in [0.15, 0.2) is 5.65 Å². The van der Waals surface area contributed by atoms with E-state index in [4.69, 9.17) is 9.72 Å². The Hall–Kier alpha value is -3.99. The Kier molecular flexibility index (Phi) is 7.51. The molecule has 0 aliphatic carbocycles. The average molecular weight is 551 g/mol. The SMILES string of the molecule is CCCCOc1c(-c2ncc(Cc3ccc(F)cc3)s2)nc2c(N3CCN(C)C3=O)cc(N(C)C)cn2c1=O. The number of nitrogens with zero attached hydrogens (tertiary/aromatic N) is 6. The highest BCUT2D eigenvalue weighted by atomic mass is 32.1. The maximum Gasteiger partial charge on any atom is 0.324 e. The molecule has 11 heteroatoms. The lowest BCUT2D eigenvalue weighted by molar-refractivity contribution is 0.229. The Morgan fingerprint density at radius 2 is 1.92 bits per heavy atom. The number of carbonyl (C=O) groups is 1. The van der Waals surface area contributed by atoms with E-state index in [9.17, 15) is 14.0 Å². The molecule has 4 aromatic rings. The molecule has 39 heavy (non-hydrogen) atoms. The number of hydrogen-bond acceptors (Lipinski definition) is 7. The van der Waals surface area contributed by atoms with Gasteiger partial charge in [-0.1, -0.05) is 25.5 Å². The Morgan fingerprint density at radius 1 is 1.15 bits per heavy atom. The standard InChI is InChI=1S/C28H31FN6O3S/c1-5-6-13-38-24-23(26-30-16-21(39-26)14-18-7-9-19(29)10-8-18)31-25-22(34-12-11-33(4)28(34)37)15-20(32(2)3)17-35(25)27(24)36/h7-10,15-17H,5-6,11-14H2,1-4H3. The van der Waals surface area contributed by atoms with E-state index < -0.39 is 0 Å². The molecule has 0 atom stereocenters. The zero-order valence-electron chi connectivity index (χ0n) is 22.5. The minimum atomic E-state index is -0.355. The molecule has 1 saturated heterocycles. The molecule has 0 radical (unpaired) electrons. The number of urea groups is 1. The number of fused-ring (bicyclic) bond motifs is 1. The summed E-state index contributed by atoms with van der Waals surface area (Å²) in [5, 5.41) is 0.547. The highest BCUT2D eigenvalue weighted by molar-refractivity contribution is 7.15. The third-order valence-corrected chi connectivity index (χ3v) is 7.67. The minimum absolute atomic E-state index is 0.135. The van der Waals surface area contributed by atoms with Crippen LogP contribution in [0.3, 0.4) is 0 Å². The predicted molar refractivity (Wildman–Crippen MR) is 152 cm³/mol. The van der Waals surface area contributed by atoms with Crippen LogP contribution in [0.2, 0.25) is 0 Å². The van der Waals surface area contributed by atoms with Crippen molar-refractivity contribution in [2.75, 3.05) is 50.6 Å². The zero-order valence-corrected chi connectivity index (χ0v) is 23.3. The molecule has 1 aliphatic heterocycles. The fourth-order valence-electron chi connectivity index (χ4n) is 4.40. The van der Waals surface area contributed by atoms with Crippen LogP contribution in [0.4, 0.5) is 20.6 Å². The van der Waals surface area contributed by atoms with Crippen molar-refractivity contribution >= 4 is 34.4 Å². The van der Waals surface area contributed by atoms with E-state index in [0.717, 1.165) is 29.0 Å². The Balaban J connectivity index is 1.66. The number of rotatable bonds is 9. The van der Waals surface area contributed by atoms with Crippen molar-refractivity contribution < 1.29 is 13.9 Å². The van der Waals surface area contributed by atoms with Crippen molar-refractivity contribution in [2.45, 2.75) is 26.2 Å². The molecule has 0 unspecified atom stereocenters. The van der Waals surface area contributed by atoms with E-state index in [1.54, 1.807) is 41.4 Å². The summed E-state index contributed by atoms with van der Waals surface area (Å²) in [6, 6.07) is 8.08. The minimum Gasteiger partial charge on any atom is -0.486 e. The largest absolute Gasteiger partial charge is 0.486 e. The van der Waals surface area contributed by atoms with Crippen LogP contribution in [0.25, 0.3) is 16.3 Å². The van der Waals surface area contributed by atoms with Crippen LogP contribution in [0, 0.1) is 5.82 Å². The third-order valence-electron chi connectivity index (χ3n) is 6.66. The Bertz CT molecular complexity index is 1570. The lowest BCUT2D eigenvalue weighted by Gasteiger charge is -2.22. The molecular formula is C28H31FN6O3S. The van der Waals surface area contributed by atoms with Crippen molar-refractivity contribution in [3.63, 3.8) is 0 Å². The number of anilines is 2. The molecule has 0 saturated carbocycles. The van der Waals surface area contributed by atoms with E-state index in [0.29, 0.717) is 48.2 Å². The third kappa shape index (κ3) is 5.31. The number of ether oxygens (including phenoxy) is 1. The number of benzene rings is 1. The van der Waals surface area contributed by atoms with Gasteiger partial charge >= 0.3 is 11.6 Å². The number of likely N-dealkylation sites (N-methyl/N-ethyl adjacent to an activating group) is 1. The van der Waals surface area contributed by atoms with Gasteiger partial charge in [-0.15, -0.1) is 11.3 Å². The molecule has 204 valence electrons. The van der Waals surface area contributed by atoms with Crippen LogP contribution in [0.5, 0.6) is 5.75 Å². The molecule has 1 fully saturated rings. The van der Waals surface area contributed by atoms with E-state index in [1.165, 1.54) is 27.9 Å². The van der Waals surface area contributed by atoms with Gasteiger partial charge in [-0.2, -0.15) is 0 Å². The van der Waals surface area contributed by atoms with Crippen LogP contribution in [-0.4, -0.2) is 66.1 Å². The van der Waals surface area contributed by atoms with Crippen molar-refractivity contribution in [3.05, 3.63) is 69.3 Å². The maximum absolute atomic E-state index is 13.9. The number of carbonyl (C=O) groups excluding carboxylic acids is 1. The fourth-order valence-corrected chi connectivity index (χ4v) is 5.33. The molecule has 0 spiro atoms. The summed E-state index contributed by atoms with van der Waals surface area (Å²) < 4.78 is 20.9. The van der Waals surface area contributed by atoms with E-state index in [1.807, 2.05) is 25.1 Å². The molecule has 0 bridgehead atoms. The molecule has 5 rings (SSSR count). The second-order valence-corrected chi connectivity index (χ2v) is 10.9. The van der Waals surface area contributed by atoms with Gasteiger partial charge in [0.05, 0.1) is 18.0 Å². The normalized spacial score (nSPS) is 13.5. The van der Waals surface area contributed by atoms with Gasteiger partial charge in [0.25, 0.3) is 0 Å². The molecule has 1 aliphatic rings. The highest BCUT2D eigenvalue weighted by Crippen LogP contribution is 2.34. The number of unbranched alkanes of at least 4 members (excludes halogenated alkanes) is 1. The summed E-state index contributed by atoms with van der Waals surface area (Å²) in [6.07, 6.45) is 5.74. The first-order chi connectivity index (χ1) is 18.8. The monoisotopic (exact) mass is 550 g/mol. The zero-order chi connectivity index (χ0) is 27.7. The average Bonchev–Trinajstić information content (AvgIpc) is 3.52. The van der Waals surface area contributed by atoms with Crippen LogP contribution >= 0.6 is 11.3 Å². The van der Waals surface area contributed by atoms with Crippen molar-refractivity contribution in [3.8, 4) is 16.5 Å². The van der Waals surface area contributed by atoms with Crippen LogP contribution in [0.1, 0.15) is 30.2 Å². The van der Waals surface area contributed by atoms with Crippen LogP contribution in [0.15, 0.2) is 47.5 Å². The lowest BCUT2D eigenvalue weighted by atomic mass is 10.1. The molecular weight excluding hydrogens is 519 g/mol. The van der Waals surface area contributed by atoms with Crippen molar-refractivity contribution in [1.82, 2.24) is 19.3 Å². The van der Waals surface area contributed by atoms with Crippen LogP contribution < -0.4 is 20.1 Å². The molecule has 0 N–H and O–H groups in total. The number of thiazole rings is 1. The lowest BCUT2D eigenvalue weighted by Crippen LogP contribution is -2.31. The van der Waals surface area contributed by atoms with Gasteiger partial charge in [-0.05, 0) is 30.2 Å². The number of pyridine rings is 1. The summed E-state index contributed by atoms with van der Waals surface area (Å²) in [5.41, 5.74) is 2.62. The quantitative estimate of drug-likeness (QED) is 0.282. The second-order valence-electron chi connectivity index (χ2n) is 9.76. The van der Waals surface area contributed by atoms with Gasteiger partial charge in [0.2, 0.25) is 5.75 Å². The van der Waals surface area contributed by atoms with E-state index >= 15 is 0 Å². The predicted octanol–water partition coefficient (Wildman–Crippen LogP) is 4.66. The van der Waals surface area contributed by atoms with Crippen molar-refractivity contribution in [2.24, 2.45) is 0 Å². The highest BCUT2D eigenvalue weighted by Gasteiger charge is 2.30. The number of amides is 2. The Labute approximate surface area is 230 Å². The first-order valence-electron chi connectivity index (χ1n) is 12.9. The number of halogens is 1. The molecule has 3 aromatic heterocycles. The topological polar surface area (TPSA) is 83.3 Å². The first-order valence-corrected chi connectivity index (χ1v) is 13.7. The Morgan fingerprint density at radius 3 is 2.59 bits per heavy atom. The van der Waals surface area contributed by atoms with Crippen LogP contribution in [-0.2, 0) is 6.42 Å². The number of aromatic nitrogens is 3. The summed E-state index contributed by atoms with van der Waals surface area (Å²) >= 11 is 1.41.